The maximum absolute atomic E-state index is 6.18. The third-order valence-corrected chi connectivity index (χ3v) is 7.52. The van der Waals surface area contributed by atoms with Crippen molar-refractivity contribution in [2.75, 3.05) is 19.0 Å². The summed E-state index contributed by atoms with van der Waals surface area (Å²) in [6.07, 6.45) is 7.82. The highest BCUT2D eigenvalue weighted by Crippen LogP contribution is 2.53. The van der Waals surface area contributed by atoms with Crippen LogP contribution >= 0.6 is 0 Å². The van der Waals surface area contributed by atoms with E-state index in [0.29, 0.717) is 11.8 Å². The van der Waals surface area contributed by atoms with Crippen LogP contribution in [-0.4, -0.2) is 13.7 Å². The van der Waals surface area contributed by atoms with Gasteiger partial charge in [0.25, 0.3) is 0 Å². The highest BCUT2D eigenvalue weighted by atomic mass is 16.5. The molecule has 4 aromatic carbocycles. The van der Waals surface area contributed by atoms with Gasteiger partial charge in [-0.2, -0.15) is 0 Å². The first-order chi connectivity index (χ1) is 17.3. The molecule has 0 amide bonds. The van der Waals surface area contributed by atoms with Crippen LogP contribution in [0, 0.1) is 5.92 Å². The Hall–Kier alpha value is -3.72. The highest BCUT2D eigenvalue weighted by Gasteiger charge is 2.39. The smallest absolute Gasteiger partial charge is 0.124 e. The molecule has 1 N–H and O–H groups in total. The second kappa shape index (κ2) is 9.50. The molecule has 3 nitrogen and oxygen atoms in total. The minimum absolute atomic E-state index is 0.182. The van der Waals surface area contributed by atoms with Crippen molar-refractivity contribution in [3.8, 4) is 11.5 Å². The lowest BCUT2D eigenvalue weighted by molar-refractivity contribution is 0.310. The molecule has 3 atom stereocenters. The van der Waals surface area contributed by atoms with Gasteiger partial charge in [0.2, 0.25) is 0 Å². The fourth-order valence-corrected chi connectivity index (χ4v) is 5.83. The number of hydrogen-bond acceptors (Lipinski definition) is 3. The second-order valence-electron chi connectivity index (χ2n) is 9.56. The second-order valence-corrected chi connectivity index (χ2v) is 9.56. The number of aryl methyl sites for hydroxylation is 1. The molecule has 0 spiro atoms. The molecular weight excluding hydrogens is 430 g/mol. The summed E-state index contributed by atoms with van der Waals surface area (Å²) in [7, 11) is 1.77. The minimum Gasteiger partial charge on any atom is -0.496 e. The molecule has 4 aromatic rings. The van der Waals surface area contributed by atoms with Gasteiger partial charge >= 0.3 is 0 Å². The standard InChI is InChI=1S/C32H31NO2/c1-34-30-19-16-23-12-5-6-13-25(23)31(30)32-27-15-7-14-26(27)28-21-24(17-18-29(28)33-32)35-20-8-11-22-9-3-2-4-10-22/h2-7,9-10,12-14,16-19,21,26-27,32-33H,8,11,15,20H2,1H3. The van der Waals surface area contributed by atoms with Crippen molar-refractivity contribution in [1.29, 1.82) is 0 Å². The summed E-state index contributed by atoms with van der Waals surface area (Å²) in [5, 5.41) is 6.40. The van der Waals surface area contributed by atoms with Crippen molar-refractivity contribution >= 4 is 16.5 Å². The molecule has 176 valence electrons. The van der Waals surface area contributed by atoms with E-state index in [-0.39, 0.29) is 6.04 Å². The van der Waals surface area contributed by atoms with Gasteiger partial charge in [-0.15, -0.1) is 0 Å². The number of anilines is 1. The third kappa shape index (κ3) is 4.16. The lowest BCUT2D eigenvalue weighted by Crippen LogP contribution is -2.29. The predicted molar refractivity (Wildman–Crippen MR) is 144 cm³/mol. The number of hydrogen-bond donors (Lipinski definition) is 1. The van der Waals surface area contributed by atoms with Gasteiger partial charge < -0.3 is 14.8 Å². The number of allylic oxidation sites excluding steroid dienone is 2. The van der Waals surface area contributed by atoms with Crippen LogP contribution in [0.15, 0.2) is 97.1 Å². The topological polar surface area (TPSA) is 30.5 Å². The van der Waals surface area contributed by atoms with Gasteiger partial charge in [-0.05, 0) is 71.3 Å². The Kier molecular flexibility index (Phi) is 5.91. The molecule has 3 unspecified atom stereocenters. The van der Waals surface area contributed by atoms with Crippen molar-refractivity contribution in [2.24, 2.45) is 5.92 Å². The fourth-order valence-electron chi connectivity index (χ4n) is 5.83. The molecular formula is C32H31NO2. The number of nitrogens with one attached hydrogen (secondary N) is 1. The summed E-state index contributed by atoms with van der Waals surface area (Å²) in [5.74, 6) is 2.72. The molecule has 0 bridgehead atoms. The zero-order valence-electron chi connectivity index (χ0n) is 20.1. The summed E-state index contributed by atoms with van der Waals surface area (Å²) in [4.78, 5) is 0. The summed E-state index contributed by atoms with van der Waals surface area (Å²) < 4.78 is 12.0. The van der Waals surface area contributed by atoms with Gasteiger partial charge in [0.05, 0.1) is 19.8 Å². The molecule has 1 heterocycles. The van der Waals surface area contributed by atoms with Gasteiger partial charge in [-0.3, -0.25) is 0 Å². The van der Waals surface area contributed by atoms with Crippen LogP contribution in [0.3, 0.4) is 0 Å². The monoisotopic (exact) mass is 461 g/mol. The van der Waals surface area contributed by atoms with E-state index in [1.807, 2.05) is 0 Å². The zero-order chi connectivity index (χ0) is 23.6. The molecule has 3 heteroatoms. The number of ether oxygens (including phenoxy) is 2. The Bertz CT molecular complexity index is 1360. The predicted octanol–water partition coefficient (Wildman–Crippen LogP) is 7.69. The van der Waals surface area contributed by atoms with E-state index in [1.54, 1.807) is 7.11 Å². The van der Waals surface area contributed by atoms with E-state index >= 15 is 0 Å². The van der Waals surface area contributed by atoms with Crippen LogP contribution in [0.2, 0.25) is 0 Å². The maximum atomic E-state index is 6.18. The summed E-state index contributed by atoms with van der Waals surface area (Å²) in [6, 6.07) is 30.2. The Morgan fingerprint density at radius 1 is 0.914 bits per heavy atom. The Morgan fingerprint density at radius 2 is 1.77 bits per heavy atom. The van der Waals surface area contributed by atoms with E-state index in [0.717, 1.165) is 37.4 Å². The first-order valence-electron chi connectivity index (χ1n) is 12.6. The quantitative estimate of drug-likeness (QED) is 0.226. The Morgan fingerprint density at radius 3 is 2.66 bits per heavy atom. The van der Waals surface area contributed by atoms with Crippen LogP contribution in [0.25, 0.3) is 10.8 Å². The summed E-state index contributed by atoms with van der Waals surface area (Å²) >= 11 is 0. The molecule has 6 rings (SSSR count). The third-order valence-electron chi connectivity index (χ3n) is 7.52. The normalized spacial score (nSPS) is 20.2. The van der Waals surface area contributed by atoms with Crippen molar-refractivity contribution in [3.63, 3.8) is 0 Å². The van der Waals surface area contributed by atoms with Crippen LogP contribution < -0.4 is 14.8 Å². The van der Waals surface area contributed by atoms with E-state index < -0.39 is 0 Å². The zero-order valence-corrected chi connectivity index (χ0v) is 20.1. The minimum atomic E-state index is 0.182. The van der Waals surface area contributed by atoms with Crippen LogP contribution in [-0.2, 0) is 6.42 Å². The lowest BCUT2D eigenvalue weighted by atomic mass is 9.76. The lowest BCUT2D eigenvalue weighted by Gasteiger charge is -2.38. The summed E-state index contributed by atoms with van der Waals surface area (Å²) in [6.45, 7) is 0.723. The van der Waals surface area contributed by atoms with Crippen molar-refractivity contribution in [1.82, 2.24) is 0 Å². The Labute approximate surface area is 207 Å². The number of methoxy groups -OCH3 is 1. The molecule has 0 saturated carbocycles. The fraction of sp³-hybridized carbons (Fsp3) is 0.250. The average molecular weight is 462 g/mol. The molecule has 0 radical (unpaired) electrons. The molecule has 2 aliphatic rings. The van der Waals surface area contributed by atoms with E-state index in [1.165, 1.54) is 33.2 Å². The average Bonchev–Trinajstić information content (AvgIpc) is 3.41. The molecule has 0 aromatic heterocycles. The van der Waals surface area contributed by atoms with Crippen LogP contribution in [0.1, 0.15) is 41.5 Å². The highest BCUT2D eigenvalue weighted by molar-refractivity contribution is 5.89. The number of fused-ring (bicyclic) bond motifs is 4. The SMILES string of the molecule is COc1ccc2ccccc2c1C1Nc2ccc(OCCCc3ccccc3)cc2C2C=CCC21. The first kappa shape index (κ1) is 21.8. The van der Waals surface area contributed by atoms with Gasteiger partial charge in [0, 0.05) is 17.2 Å². The van der Waals surface area contributed by atoms with Gasteiger partial charge in [-0.25, -0.2) is 0 Å². The number of rotatable bonds is 7. The van der Waals surface area contributed by atoms with Crippen molar-refractivity contribution in [3.05, 3.63) is 114 Å². The van der Waals surface area contributed by atoms with Gasteiger partial charge in [-0.1, -0.05) is 72.8 Å². The first-order valence-corrected chi connectivity index (χ1v) is 12.6. The van der Waals surface area contributed by atoms with E-state index in [9.17, 15) is 0 Å². The van der Waals surface area contributed by atoms with Crippen LogP contribution in [0.5, 0.6) is 11.5 Å². The number of benzene rings is 4. The van der Waals surface area contributed by atoms with Gasteiger partial charge in [0.15, 0.2) is 0 Å². The molecule has 1 aliphatic carbocycles. The van der Waals surface area contributed by atoms with Crippen LogP contribution in [0.4, 0.5) is 5.69 Å². The van der Waals surface area contributed by atoms with Crippen molar-refractivity contribution < 1.29 is 9.47 Å². The Balaban J connectivity index is 1.26. The van der Waals surface area contributed by atoms with E-state index in [4.69, 9.17) is 9.47 Å². The molecule has 0 fully saturated rings. The maximum Gasteiger partial charge on any atom is 0.124 e. The van der Waals surface area contributed by atoms with Gasteiger partial charge in [0.1, 0.15) is 11.5 Å². The molecule has 1 aliphatic heterocycles. The molecule has 35 heavy (non-hydrogen) atoms. The van der Waals surface area contributed by atoms with Crippen molar-refractivity contribution in [2.45, 2.75) is 31.2 Å². The molecule has 0 saturated heterocycles. The summed E-state index contributed by atoms with van der Waals surface area (Å²) in [5.41, 5.74) is 5.14. The largest absolute Gasteiger partial charge is 0.496 e. The van der Waals surface area contributed by atoms with E-state index in [2.05, 4.69) is 102 Å².